The minimum Gasteiger partial charge on any atom is -0.497 e. The van der Waals surface area contributed by atoms with E-state index in [1.54, 1.807) is 37.6 Å². The molecule has 31 heavy (non-hydrogen) atoms. The zero-order chi connectivity index (χ0) is 21.4. The second-order valence-electron chi connectivity index (χ2n) is 8.02. The Morgan fingerprint density at radius 2 is 1.77 bits per heavy atom. The van der Waals surface area contributed by atoms with Gasteiger partial charge in [0.2, 0.25) is 15.9 Å². The first-order valence-electron chi connectivity index (χ1n) is 10.4. The standard InChI is InChI=1S/C21H24N4O5S/c1-28-16-4-6-18(7-5-16)31(26,27)25-10-8-15(9-11-25)21-23-19(24-30-21)12-17-13-22-20(29-17)14-2-3-14/h4-7,13-15H,2-3,8-12H2,1H3. The SMILES string of the molecule is COc1ccc(S(=O)(=O)N2CCC(c3nc(Cc4cnc(C5CC5)o4)no3)CC2)cc1. The van der Waals surface area contributed by atoms with Crippen LogP contribution >= 0.6 is 0 Å². The molecule has 1 aliphatic heterocycles. The normalized spacial score (nSPS) is 18.4. The van der Waals surface area contributed by atoms with Crippen LogP contribution in [0.5, 0.6) is 5.75 Å². The Labute approximate surface area is 180 Å². The molecule has 0 spiro atoms. The smallest absolute Gasteiger partial charge is 0.243 e. The summed E-state index contributed by atoms with van der Waals surface area (Å²) in [6, 6.07) is 6.45. The second kappa shape index (κ2) is 8.08. The minimum atomic E-state index is -3.54. The molecule has 164 valence electrons. The molecule has 5 rings (SSSR count). The summed E-state index contributed by atoms with van der Waals surface area (Å²) < 4.78 is 43.7. The van der Waals surface area contributed by atoms with Crippen LogP contribution in [0.3, 0.4) is 0 Å². The molecule has 1 saturated heterocycles. The highest BCUT2D eigenvalue weighted by molar-refractivity contribution is 7.89. The predicted octanol–water partition coefficient (Wildman–Crippen LogP) is 3.10. The monoisotopic (exact) mass is 444 g/mol. The average Bonchev–Trinajstić information content (AvgIpc) is 3.37. The maximum Gasteiger partial charge on any atom is 0.243 e. The van der Waals surface area contributed by atoms with Crippen LogP contribution in [0.25, 0.3) is 0 Å². The van der Waals surface area contributed by atoms with E-state index in [9.17, 15) is 8.42 Å². The third-order valence-corrected chi connectivity index (χ3v) is 7.73. The number of rotatable bonds is 7. The fourth-order valence-corrected chi connectivity index (χ4v) is 5.29. The predicted molar refractivity (Wildman–Crippen MR) is 109 cm³/mol. The summed E-state index contributed by atoms with van der Waals surface area (Å²) in [5.41, 5.74) is 0. The summed E-state index contributed by atoms with van der Waals surface area (Å²) in [6.45, 7) is 0.813. The largest absolute Gasteiger partial charge is 0.497 e. The van der Waals surface area contributed by atoms with Crippen molar-refractivity contribution >= 4 is 10.0 Å². The van der Waals surface area contributed by atoms with Gasteiger partial charge in [-0.1, -0.05) is 5.16 Å². The molecule has 1 aliphatic carbocycles. The molecule has 0 unspecified atom stereocenters. The van der Waals surface area contributed by atoms with Gasteiger partial charge < -0.3 is 13.7 Å². The van der Waals surface area contributed by atoms with E-state index in [2.05, 4.69) is 15.1 Å². The van der Waals surface area contributed by atoms with Gasteiger partial charge in [0, 0.05) is 24.9 Å². The first-order valence-corrected chi connectivity index (χ1v) is 11.9. The molecule has 3 aromatic rings. The Balaban J connectivity index is 1.20. The van der Waals surface area contributed by atoms with Crippen molar-refractivity contribution < 1.29 is 22.1 Å². The molecule has 1 saturated carbocycles. The molecular formula is C21H24N4O5S. The van der Waals surface area contributed by atoms with Crippen molar-refractivity contribution in [2.24, 2.45) is 0 Å². The van der Waals surface area contributed by atoms with Crippen LogP contribution in [-0.4, -0.2) is 48.0 Å². The lowest BCUT2D eigenvalue weighted by atomic mass is 9.98. The molecule has 3 heterocycles. The quantitative estimate of drug-likeness (QED) is 0.546. The number of aromatic nitrogens is 3. The van der Waals surface area contributed by atoms with Crippen molar-refractivity contribution in [2.45, 2.75) is 48.8 Å². The molecule has 2 aliphatic rings. The zero-order valence-corrected chi connectivity index (χ0v) is 18.0. The molecule has 1 aromatic carbocycles. The van der Waals surface area contributed by atoms with Gasteiger partial charge in [0.15, 0.2) is 11.7 Å². The number of hydrogen-bond donors (Lipinski definition) is 0. The van der Waals surface area contributed by atoms with Gasteiger partial charge in [0.05, 0.1) is 24.6 Å². The summed E-state index contributed by atoms with van der Waals surface area (Å²) in [5.74, 6) is 3.77. The third kappa shape index (κ3) is 4.22. The number of benzene rings is 1. The van der Waals surface area contributed by atoms with Crippen molar-refractivity contribution in [3.63, 3.8) is 0 Å². The summed E-state index contributed by atoms with van der Waals surface area (Å²) in [5, 5.41) is 4.07. The number of ether oxygens (including phenoxy) is 1. The number of hydrogen-bond acceptors (Lipinski definition) is 8. The van der Waals surface area contributed by atoms with Crippen LogP contribution in [0.1, 0.15) is 60.9 Å². The van der Waals surface area contributed by atoms with E-state index in [0.717, 1.165) is 24.5 Å². The van der Waals surface area contributed by atoms with Gasteiger partial charge in [0.25, 0.3) is 0 Å². The fourth-order valence-electron chi connectivity index (χ4n) is 3.82. The van der Waals surface area contributed by atoms with E-state index in [1.165, 1.54) is 4.31 Å². The Morgan fingerprint density at radius 3 is 2.45 bits per heavy atom. The topological polar surface area (TPSA) is 112 Å². The minimum absolute atomic E-state index is 0.0420. The van der Waals surface area contributed by atoms with E-state index in [4.69, 9.17) is 13.7 Å². The highest BCUT2D eigenvalue weighted by Gasteiger charge is 2.32. The first-order chi connectivity index (χ1) is 15.0. The van der Waals surface area contributed by atoms with Crippen molar-refractivity contribution in [1.29, 1.82) is 0 Å². The molecule has 0 bridgehead atoms. The maximum atomic E-state index is 12.9. The van der Waals surface area contributed by atoms with Crippen LogP contribution in [0.4, 0.5) is 0 Å². The summed E-state index contributed by atoms with van der Waals surface area (Å²) in [6.07, 6.45) is 5.70. The van der Waals surface area contributed by atoms with Crippen LogP contribution in [0.15, 0.2) is 44.3 Å². The Bertz CT molecular complexity index is 1140. The van der Waals surface area contributed by atoms with Crippen LogP contribution in [0.2, 0.25) is 0 Å². The number of nitrogens with zero attached hydrogens (tertiary/aromatic N) is 4. The van der Waals surface area contributed by atoms with Crippen LogP contribution in [-0.2, 0) is 16.4 Å². The number of piperidine rings is 1. The van der Waals surface area contributed by atoms with Crippen LogP contribution in [0, 0.1) is 0 Å². The lowest BCUT2D eigenvalue weighted by molar-refractivity contribution is 0.270. The lowest BCUT2D eigenvalue weighted by Gasteiger charge is -2.29. The molecule has 2 aromatic heterocycles. The number of methoxy groups -OCH3 is 1. The maximum absolute atomic E-state index is 12.9. The molecule has 0 N–H and O–H groups in total. The van der Waals surface area contributed by atoms with E-state index < -0.39 is 10.0 Å². The molecule has 0 radical (unpaired) electrons. The highest BCUT2D eigenvalue weighted by Crippen LogP contribution is 2.39. The van der Waals surface area contributed by atoms with Crippen molar-refractivity contribution in [2.75, 3.05) is 20.2 Å². The third-order valence-electron chi connectivity index (χ3n) is 5.81. The Hall–Kier alpha value is -2.72. The zero-order valence-electron chi connectivity index (χ0n) is 17.2. The van der Waals surface area contributed by atoms with E-state index in [0.29, 0.717) is 55.7 Å². The summed E-state index contributed by atoms with van der Waals surface area (Å²) >= 11 is 0. The van der Waals surface area contributed by atoms with Gasteiger partial charge in [-0.25, -0.2) is 13.4 Å². The number of sulfonamides is 1. The molecular weight excluding hydrogens is 420 g/mol. The Morgan fingerprint density at radius 1 is 1.06 bits per heavy atom. The lowest BCUT2D eigenvalue weighted by Crippen LogP contribution is -2.37. The molecule has 0 amide bonds. The molecule has 10 heteroatoms. The van der Waals surface area contributed by atoms with Crippen molar-refractivity contribution in [1.82, 2.24) is 19.4 Å². The fraction of sp³-hybridized carbons (Fsp3) is 0.476. The van der Waals surface area contributed by atoms with E-state index >= 15 is 0 Å². The first kappa shape index (κ1) is 20.2. The van der Waals surface area contributed by atoms with Gasteiger partial charge in [-0.05, 0) is 49.9 Å². The van der Waals surface area contributed by atoms with Gasteiger partial charge in [-0.3, -0.25) is 0 Å². The van der Waals surface area contributed by atoms with Crippen molar-refractivity contribution in [3.05, 3.63) is 53.8 Å². The summed E-state index contributed by atoms with van der Waals surface area (Å²) in [4.78, 5) is 9.10. The second-order valence-corrected chi connectivity index (χ2v) is 9.96. The van der Waals surface area contributed by atoms with Crippen molar-refractivity contribution in [3.8, 4) is 5.75 Å². The van der Waals surface area contributed by atoms with Gasteiger partial charge >= 0.3 is 0 Å². The van der Waals surface area contributed by atoms with Gasteiger partial charge in [0.1, 0.15) is 11.5 Å². The molecule has 9 nitrogen and oxygen atoms in total. The van der Waals surface area contributed by atoms with Gasteiger partial charge in [-0.15, -0.1) is 0 Å². The summed E-state index contributed by atoms with van der Waals surface area (Å²) in [7, 11) is -1.99. The number of oxazole rings is 1. The molecule has 0 atom stereocenters. The Kier molecular flexibility index (Phi) is 5.27. The highest BCUT2D eigenvalue weighted by atomic mass is 32.2. The van der Waals surface area contributed by atoms with Crippen LogP contribution < -0.4 is 4.74 Å². The average molecular weight is 445 g/mol. The van der Waals surface area contributed by atoms with E-state index in [1.807, 2.05) is 0 Å². The van der Waals surface area contributed by atoms with Gasteiger partial charge in [-0.2, -0.15) is 9.29 Å². The molecule has 2 fully saturated rings. The van der Waals surface area contributed by atoms with E-state index in [-0.39, 0.29) is 10.8 Å².